The Morgan fingerprint density at radius 2 is 1.60 bits per heavy atom. The van der Waals surface area contributed by atoms with E-state index in [0.29, 0.717) is 43.2 Å². The van der Waals surface area contributed by atoms with Crippen LogP contribution in [-0.2, 0) is 35.1 Å². The molecule has 0 unspecified atom stereocenters. The number of anilines is 1. The standard InChI is InChI=1S/C32H38F3N3O7/c33-32(34,35)30(41)38-13-1-2-26(38)28(40)36-24-9-7-23(8-10-24)29-44-25(18-27(45-29)22-5-3-21(20-39)4-6-22)19-37-14-11-31(12-15-37)42-16-17-43-31/h3-10,25-27,29,39H,1-2,11-20H2,(H,36,40)/t25-,26+,27+,29+/m1/s1. The van der Waals surface area contributed by atoms with Gasteiger partial charge in [-0.05, 0) is 36.1 Å². The Labute approximate surface area is 259 Å². The van der Waals surface area contributed by atoms with Gasteiger partial charge in [-0.15, -0.1) is 0 Å². The molecule has 0 aliphatic carbocycles. The van der Waals surface area contributed by atoms with Gasteiger partial charge in [-0.3, -0.25) is 9.59 Å². The third kappa shape index (κ3) is 7.34. The number of benzene rings is 2. The van der Waals surface area contributed by atoms with Crippen LogP contribution in [0.3, 0.4) is 0 Å². The normalized spacial score (nSPS) is 27.2. The highest BCUT2D eigenvalue weighted by Gasteiger charge is 2.48. The number of piperidine rings is 1. The molecule has 2 aromatic carbocycles. The van der Waals surface area contributed by atoms with E-state index in [-0.39, 0.29) is 31.8 Å². The molecule has 2 N–H and O–H groups in total. The number of nitrogens with one attached hydrogen (secondary N) is 1. The van der Waals surface area contributed by atoms with E-state index < -0.39 is 36.1 Å². The minimum atomic E-state index is -5.03. The molecule has 244 valence electrons. The van der Waals surface area contributed by atoms with E-state index in [1.807, 2.05) is 24.3 Å². The smallest absolute Gasteiger partial charge is 0.392 e. The molecule has 4 fully saturated rings. The van der Waals surface area contributed by atoms with Gasteiger partial charge in [0.15, 0.2) is 12.1 Å². The minimum absolute atomic E-state index is 0.0512. The number of carbonyl (C=O) groups is 2. The number of ether oxygens (including phenoxy) is 4. The first-order chi connectivity index (χ1) is 21.6. The monoisotopic (exact) mass is 633 g/mol. The summed E-state index contributed by atoms with van der Waals surface area (Å²) >= 11 is 0. The van der Waals surface area contributed by atoms with Crippen molar-refractivity contribution in [2.45, 2.75) is 75.2 Å². The number of amides is 2. The Kier molecular flexibility index (Phi) is 9.46. The van der Waals surface area contributed by atoms with Crippen LogP contribution < -0.4 is 5.32 Å². The van der Waals surface area contributed by atoms with Crippen molar-refractivity contribution in [2.75, 3.05) is 44.7 Å². The molecule has 0 saturated carbocycles. The number of aliphatic hydroxyl groups is 1. The van der Waals surface area contributed by atoms with E-state index in [0.717, 1.165) is 42.6 Å². The van der Waals surface area contributed by atoms with E-state index in [1.54, 1.807) is 24.3 Å². The lowest BCUT2D eigenvalue weighted by Crippen LogP contribution is -2.48. The number of carbonyl (C=O) groups excluding carboxylic acids is 2. The molecule has 4 aliphatic heterocycles. The van der Waals surface area contributed by atoms with Crippen LogP contribution in [0.4, 0.5) is 18.9 Å². The lowest BCUT2D eigenvalue weighted by molar-refractivity contribution is -0.255. The molecule has 0 radical (unpaired) electrons. The molecular formula is C32H38F3N3O7. The fraction of sp³-hybridized carbons (Fsp3) is 0.562. The predicted molar refractivity (Wildman–Crippen MR) is 155 cm³/mol. The third-order valence-corrected chi connectivity index (χ3v) is 9.02. The SMILES string of the molecule is O=C(Nc1ccc([C@H]2O[C@@H](CN3CCC4(CC3)OCCO4)C[C@@H](c3ccc(CO)cc3)O2)cc1)[C@@H]1CCCN1C(=O)C(F)(F)F. The topological polar surface area (TPSA) is 110 Å². The summed E-state index contributed by atoms with van der Waals surface area (Å²) in [6.45, 7) is 3.43. The molecule has 1 spiro atoms. The van der Waals surface area contributed by atoms with Gasteiger partial charge in [-0.2, -0.15) is 13.2 Å². The Balaban J connectivity index is 1.13. The van der Waals surface area contributed by atoms with Gasteiger partial charge in [0.25, 0.3) is 0 Å². The lowest BCUT2D eigenvalue weighted by atomic mass is 9.98. The summed E-state index contributed by atoms with van der Waals surface area (Å²) in [7, 11) is 0. The second-order valence-corrected chi connectivity index (χ2v) is 12.0. The van der Waals surface area contributed by atoms with Gasteiger partial charge in [0.2, 0.25) is 5.91 Å². The van der Waals surface area contributed by atoms with Crippen LogP contribution in [-0.4, -0.2) is 90.2 Å². The van der Waals surface area contributed by atoms with Crippen LogP contribution >= 0.6 is 0 Å². The van der Waals surface area contributed by atoms with Crippen LogP contribution in [0, 0.1) is 0 Å². The highest BCUT2D eigenvalue weighted by molar-refractivity contribution is 5.98. The first kappa shape index (κ1) is 31.9. The number of hydrogen-bond donors (Lipinski definition) is 2. The lowest BCUT2D eigenvalue weighted by Gasteiger charge is -2.41. The molecule has 0 bridgehead atoms. The summed E-state index contributed by atoms with van der Waals surface area (Å²) in [5, 5.41) is 12.1. The number of aliphatic hydroxyl groups excluding tert-OH is 1. The first-order valence-electron chi connectivity index (χ1n) is 15.4. The van der Waals surface area contributed by atoms with Crippen LogP contribution in [0.5, 0.6) is 0 Å². The number of likely N-dealkylation sites (tertiary alicyclic amines) is 2. The molecule has 2 aromatic rings. The molecule has 4 heterocycles. The number of alkyl halides is 3. The highest BCUT2D eigenvalue weighted by atomic mass is 19.4. The fourth-order valence-electron chi connectivity index (χ4n) is 6.58. The minimum Gasteiger partial charge on any atom is -0.392 e. The Morgan fingerprint density at radius 3 is 2.24 bits per heavy atom. The van der Waals surface area contributed by atoms with Crippen LogP contribution in [0.25, 0.3) is 0 Å². The summed E-state index contributed by atoms with van der Waals surface area (Å²) in [6, 6.07) is 13.2. The Morgan fingerprint density at radius 1 is 0.933 bits per heavy atom. The van der Waals surface area contributed by atoms with Gasteiger partial charge in [-0.1, -0.05) is 36.4 Å². The molecule has 0 aromatic heterocycles. The molecule has 6 rings (SSSR count). The molecule has 10 nitrogen and oxygen atoms in total. The highest BCUT2D eigenvalue weighted by Crippen LogP contribution is 2.39. The summed E-state index contributed by atoms with van der Waals surface area (Å²) in [5.74, 6) is -3.12. The zero-order valence-corrected chi connectivity index (χ0v) is 24.8. The second kappa shape index (κ2) is 13.3. The van der Waals surface area contributed by atoms with E-state index in [2.05, 4.69) is 10.2 Å². The van der Waals surface area contributed by atoms with Crippen molar-refractivity contribution in [3.8, 4) is 0 Å². The van der Waals surface area contributed by atoms with E-state index in [1.165, 1.54) is 0 Å². The van der Waals surface area contributed by atoms with Crippen LogP contribution in [0.1, 0.15) is 61.2 Å². The number of rotatable bonds is 7. The zero-order chi connectivity index (χ0) is 31.6. The van der Waals surface area contributed by atoms with E-state index in [9.17, 15) is 27.9 Å². The maximum atomic E-state index is 13.0. The van der Waals surface area contributed by atoms with Crippen LogP contribution in [0.15, 0.2) is 48.5 Å². The molecule has 4 atom stereocenters. The van der Waals surface area contributed by atoms with Crippen LogP contribution in [0.2, 0.25) is 0 Å². The van der Waals surface area contributed by atoms with Crippen molar-refractivity contribution in [1.82, 2.24) is 9.80 Å². The summed E-state index contributed by atoms with van der Waals surface area (Å²) < 4.78 is 63.7. The largest absolute Gasteiger partial charge is 0.471 e. The van der Waals surface area contributed by atoms with Crippen molar-refractivity contribution in [3.63, 3.8) is 0 Å². The number of nitrogens with zero attached hydrogens (tertiary/aromatic N) is 2. The van der Waals surface area contributed by atoms with Crippen molar-refractivity contribution in [1.29, 1.82) is 0 Å². The summed E-state index contributed by atoms with van der Waals surface area (Å²) in [6.07, 6.45) is -3.45. The maximum Gasteiger partial charge on any atom is 0.471 e. The number of hydrogen-bond acceptors (Lipinski definition) is 8. The van der Waals surface area contributed by atoms with E-state index in [4.69, 9.17) is 18.9 Å². The van der Waals surface area contributed by atoms with Gasteiger partial charge in [0.1, 0.15) is 6.04 Å². The fourth-order valence-corrected chi connectivity index (χ4v) is 6.58. The third-order valence-electron chi connectivity index (χ3n) is 9.02. The molecule has 4 aliphatic rings. The van der Waals surface area contributed by atoms with E-state index >= 15 is 0 Å². The van der Waals surface area contributed by atoms with Gasteiger partial charge in [0.05, 0.1) is 32.0 Å². The number of halogens is 3. The maximum absolute atomic E-state index is 13.0. The van der Waals surface area contributed by atoms with Gasteiger partial charge >= 0.3 is 12.1 Å². The Hall–Kier alpha value is -3.07. The van der Waals surface area contributed by atoms with Gasteiger partial charge < -0.3 is 39.2 Å². The van der Waals surface area contributed by atoms with Gasteiger partial charge in [0, 0.05) is 56.7 Å². The zero-order valence-electron chi connectivity index (χ0n) is 24.8. The average molecular weight is 634 g/mol. The molecule has 13 heteroatoms. The molecule has 45 heavy (non-hydrogen) atoms. The molecular weight excluding hydrogens is 595 g/mol. The van der Waals surface area contributed by atoms with Crippen molar-refractivity contribution in [2.24, 2.45) is 0 Å². The summed E-state index contributed by atoms with van der Waals surface area (Å²) in [5.41, 5.74) is 2.87. The van der Waals surface area contributed by atoms with Gasteiger partial charge in [-0.25, -0.2) is 0 Å². The average Bonchev–Trinajstić information content (AvgIpc) is 3.72. The predicted octanol–water partition coefficient (Wildman–Crippen LogP) is 4.06. The second-order valence-electron chi connectivity index (χ2n) is 12.0. The molecule has 2 amide bonds. The Bertz CT molecular complexity index is 1330. The van der Waals surface area contributed by atoms with Crippen molar-refractivity contribution < 1.29 is 46.8 Å². The first-order valence-corrected chi connectivity index (χ1v) is 15.4. The summed E-state index contributed by atoms with van der Waals surface area (Å²) in [4.78, 5) is 27.6. The quantitative estimate of drug-likeness (QED) is 0.470. The van der Waals surface area contributed by atoms with Crippen molar-refractivity contribution in [3.05, 3.63) is 65.2 Å². The van der Waals surface area contributed by atoms with Crippen molar-refractivity contribution >= 4 is 17.5 Å². The molecule has 4 saturated heterocycles.